The van der Waals surface area contributed by atoms with Gasteiger partial charge in [0.15, 0.2) is 6.04 Å². The van der Waals surface area contributed by atoms with Gasteiger partial charge in [-0.3, -0.25) is 4.79 Å². The van der Waals surface area contributed by atoms with Crippen molar-refractivity contribution in [2.45, 2.75) is 19.9 Å². The lowest BCUT2D eigenvalue weighted by Crippen LogP contribution is -2.32. The molecule has 1 amide bonds. The molecule has 1 heterocycles. The van der Waals surface area contributed by atoms with E-state index in [1.807, 2.05) is 0 Å². The molecular formula is C9H12N2O3S. The molecular weight excluding hydrogens is 216 g/mol. The number of hydrogen-bond donors (Lipinski definition) is 1. The number of carbonyl (C=O) groups is 2. The average molecular weight is 228 g/mol. The van der Waals surface area contributed by atoms with E-state index >= 15 is 0 Å². The fourth-order valence-corrected chi connectivity index (χ4v) is 2.11. The molecule has 1 N–H and O–H groups in total. The van der Waals surface area contributed by atoms with Crippen molar-refractivity contribution >= 4 is 23.7 Å². The predicted octanol–water partition coefficient (Wildman–Crippen LogP) is 1.06. The molecule has 0 aromatic carbocycles. The third kappa shape index (κ3) is 2.53. The van der Waals surface area contributed by atoms with Gasteiger partial charge in [-0.05, 0) is 13.8 Å². The number of carboxylic acids is 1. The van der Waals surface area contributed by atoms with Gasteiger partial charge in [-0.25, -0.2) is 9.78 Å². The van der Waals surface area contributed by atoms with Crippen LogP contribution in [0.5, 0.6) is 0 Å². The minimum Gasteiger partial charge on any atom is -0.479 e. The molecule has 6 heteroatoms. The van der Waals surface area contributed by atoms with Crippen LogP contribution in [0.15, 0.2) is 5.38 Å². The van der Waals surface area contributed by atoms with Gasteiger partial charge in [0.2, 0.25) is 6.41 Å². The van der Waals surface area contributed by atoms with Gasteiger partial charge in [-0.1, -0.05) is 0 Å². The van der Waals surface area contributed by atoms with E-state index in [1.54, 1.807) is 19.2 Å². The summed E-state index contributed by atoms with van der Waals surface area (Å²) < 4.78 is 0. The third-order valence-electron chi connectivity index (χ3n) is 1.94. The van der Waals surface area contributed by atoms with Gasteiger partial charge >= 0.3 is 5.97 Å². The Morgan fingerprint density at radius 2 is 2.47 bits per heavy atom. The largest absolute Gasteiger partial charge is 0.479 e. The lowest BCUT2D eigenvalue weighted by Gasteiger charge is -2.21. The van der Waals surface area contributed by atoms with Crippen LogP contribution >= 0.6 is 11.3 Å². The van der Waals surface area contributed by atoms with Crippen LogP contribution in [-0.2, 0) is 9.59 Å². The molecule has 0 radical (unpaired) electrons. The zero-order chi connectivity index (χ0) is 11.4. The standard InChI is InChI=1S/C9H12N2O3S/c1-3-11(5-12)7(9(13)14)8-10-6(2)4-15-8/h4-5,7H,3H2,1-2H3,(H,13,14). The number of aromatic nitrogens is 1. The summed E-state index contributed by atoms with van der Waals surface area (Å²) in [5.41, 5.74) is 0.767. The number of hydrogen-bond acceptors (Lipinski definition) is 4. The highest BCUT2D eigenvalue weighted by Gasteiger charge is 2.28. The van der Waals surface area contributed by atoms with Crippen LogP contribution in [0.25, 0.3) is 0 Å². The van der Waals surface area contributed by atoms with E-state index in [9.17, 15) is 9.59 Å². The summed E-state index contributed by atoms with van der Waals surface area (Å²) in [4.78, 5) is 27.0. The highest BCUT2D eigenvalue weighted by molar-refractivity contribution is 7.09. The van der Waals surface area contributed by atoms with Crippen molar-refractivity contribution < 1.29 is 14.7 Å². The van der Waals surface area contributed by atoms with Gasteiger partial charge in [0.05, 0.1) is 0 Å². The molecule has 1 unspecified atom stereocenters. The topological polar surface area (TPSA) is 70.5 Å². The van der Waals surface area contributed by atoms with Gasteiger partial charge < -0.3 is 10.0 Å². The number of carbonyl (C=O) groups excluding carboxylic acids is 1. The van der Waals surface area contributed by atoms with Crippen molar-refractivity contribution in [3.63, 3.8) is 0 Å². The molecule has 15 heavy (non-hydrogen) atoms. The maximum atomic E-state index is 11.0. The molecule has 0 saturated carbocycles. The number of rotatable bonds is 5. The first-order valence-corrected chi connectivity index (χ1v) is 5.34. The van der Waals surface area contributed by atoms with Gasteiger partial charge in [-0.2, -0.15) is 0 Å². The normalized spacial score (nSPS) is 12.1. The molecule has 0 bridgehead atoms. The molecule has 1 aromatic heterocycles. The Balaban J connectivity index is 3.02. The summed E-state index contributed by atoms with van der Waals surface area (Å²) in [5, 5.41) is 11.2. The Labute approximate surface area is 91.4 Å². The van der Waals surface area contributed by atoms with Gasteiger partial charge in [0.1, 0.15) is 5.01 Å². The van der Waals surface area contributed by atoms with Crippen molar-refractivity contribution in [3.05, 3.63) is 16.1 Å². The number of likely N-dealkylation sites (N-methyl/N-ethyl adjacent to an activating group) is 1. The second kappa shape index (κ2) is 4.88. The van der Waals surface area contributed by atoms with Crippen LogP contribution in [0.3, 0.4) is 0 Å². The molecule has 0 fully saturated rings. The van der Waals surface area contributed by atoms with Crippen LogP contribution in [0.1, 0.15) is 23.7 Å². The van der Waals surface area contributed by atoms with E-state index in [-0.39, 0.29) is 0 Å². The molecule has 0 aliphatic rings. The second-order valence-corrected chi connectivity index (χ2v) is 3.89. The van der Waals surface area contributed by atoms with E-state index in [2.05, 4.69) is 4.98 Å². The van der Waals surface area contributed by atoms with Crippen molar-refractivity contribution in [3.8, 4) is 0 Å². The minimum absolute atomic E-state index is 0.346. The van der Waals surface area contributed by atoms with E-state index in [0.717, 1.165) is 5.69 Å². The summed E-state index contributed by atoms with van der Waals surface area (Å²) in [6.07, 6.45) is 0.537. The highest BCUT2D eigenvalue weighted by Crippen LogP contribution is 2.23. The van der Waals surface area contributed by atoms with Crippen LogP contribution < -0.4 is 0 Å². The quantitative estimate of drug-likeness (QED) is 0.765. The smallest absolute Gasteiger partial charge is 0.333 e. The lowest BCUT2D eigenvalue weighted by atomic mass is 10.3. The Morgan fingerprint density at radius 3 is 2.80 bits per heavy atom. The highest BCUT2D eigenvalue weighted by atomic mass is 32.1. The van der Waals surface area contributed by atoms with Crippen LogP contribution in [0, 0.1) is 6.92 Å². The van der Waals surface area contributed by atoms with Crippen molar-refractivity contribution in [2.24, 2.45) is 0 Å². The summed E-state index contributed by atoms with van der Waals surface area (Å²) in [6.45, 7) is 3.86. The Morgan fingerprint density at radius 1 is 1.80 bits per heavy atom. The Bertz CT molecular complexity index is 364. The van der Waals surface area contributed by atoms with Crippen molar-refractivity contribution in [1.29, 1.82) is 0 Å². The number of nitrogens with zero attached hydrogens (tertiary/aromatic N) is 2. The first-order valence-electron chi connectivity index (χ1n) is 4.46. The number of aryl methyl sites for hydroxylation is 1. The molecule has 5 nitrogen and oxygen atoms in total. The van der Waals surface area contributed by atoms with Crippen LogP contribution in [-0.4, -0.2) is 33.9 Å². The zero-order valence-corrected chi connectivity index (χ0v) is 9.32. The average Bonchev–Trinajstić information content (AvgIpc) is 2.59. The number of aliphatic carboxylic acids is 1. The lowest BCUT2D eigenvalue weighted by molar-refractivity contribution is -0.146. The van der Waals surface area contributed by atoms with Crippen LogP contribution in [0.4, 0.5) is 0 Å². The molecule has 0 aliphatic carbocycles. The van der Waals surface area contributed by atoms with Gasteiger partial charge in [0, 0.05) is 17.6 Å². The molecule has 82 valence electrons. The number of amides is 1. The SMILES string of the molecule is CCN(C=O)C(C(=O)O)c1nc(C)cs1. The van der Waals surface area contributed by atoms with Gasteiger partial charge in [0.25, 0.3) is 0 Å². The van der Waals surface area contributed by atoms with E-state index in [4.69, 9.17) is 5.11 Å². The monoisotopic (exact) mass is 228 g/mol. The van der Waals surface area contributed by atoms with Crippen molar-refractivity contribution in [2.75, 3.05) is 6.54 Å². The minimum atomic E-state index is -1.06. The molecule has 0 saturated heterocycles. The fourth-order valence-electron chi connectivity index (χ4n) is 1.21. The fraction of sp³-hybridized carbons (Fsp3) is 0.444. The maximum absolute atomic E-state index is 11.0. The summed E-state index contributed by atoms with van der Waals surface area (Å²) >= 11 is 1.25. The molecule has 0 spiro atoms. The van der Waals surface area contributed by atoms with E-state index < -0.39 is 12.0 Å². The van der Waals surface area contributed by atoms with Crippen molar-refractivity contribution in [1.82, 2.24) is 9.88 Å². The summed E-state index contributed by atoms with van der Waals surface area (Å²) in [6, 6.07) is -0.966. The molecule has 1 aromatic rings. The maximum Gasteiger partial charge on any atom is 0.333 e. The first-order chi connectivity index (χ1) is 7.10. The summed E-state index contributed by atoms with van der Waals surface area (Å²) in [7, 11) is 0. The number of thiazole rings is 1. The summed E-state index contributed by atoms with van der Waals surface area (Å²) in [5.74, 6) is -1.06. The van der Waals surface area contributed by atoms with E-state index in [0.29, 0.717) is 18.0 Å². The zero-order valence-electron chi connectivity index (χ0n) is 8.51. The number of carboxylic acid groups (broad SMARTS) is 1. The molecule has 1 rings (SSSR count). The molecule has 0 aliphatic heterocycles. The van der Waals surface area contributed by atoms with Gasteiger partial charge in [-0.15, -0.1) is 11.3 Å². The Kier molecular flexibility index (Phi) is 3.79. The predicted molar refractivity (Wildman–Crippen MR) is 55.7 cm³/mol. The third-order valence-corrected chi connectivity index (χ3v) is 2.95. The molecule has 1 atom stereocenters. The Hall–Kier alpha value is -1.43. The first kappa shape index (κ1) is 11.6. The second-order valence-electron chi connectivity index (χ2n) is 3.00. The van der Waals surface area contributed by atoms with Crippen LogP contribution in [0.2, 0.25) is 0 Å². The van der Waals surface area contributed by atoms with E-state index in [1.165, 1.54) is 16.2 Å².